The number of carbonyl (C=O) groups is 2. The van der Waals surface area contributed by atoms with Crippen molar-refractivity contribution in [2.75, 3.05) is 26.4 Å². The molecule has 0 aromatic rings. The molecule has 0 amide bonds. The molecule has 0 radical (unpaired) electrons. The first-order valence-electron chi connectivity index (χ1n) is 36.2. The van der Waals surface area contributed by atoms with Crippen molar-refractivity contribution < 1.29 is 37.6 Å². The number of nitrogens with two attached hydrogens (primary N) is 1. The Morgan fingerprint density at radius 2 is 0.640 bits per heavy atom. The molecule has 0 aliphatic carbocycles. The third-order valence-electron chi connectivity index (χ3n) is 15.7. The SMILES string of the molecule is CC/C=C\C/C=C\C/C=C\C/C=C\C/C=C\C/C=C\C/C=C\C/C=C\CCCCCCC(=O)OC(COC(=O)CCCCCCCCCCCCCCCCCCCCCCCCCCCCCCCCCCCCCC)COP(=O)(O)OCCN. The van der Waals surface area contributed by atoms with E-state index < -0.39 is 26.5 Å². The van der Waals surface area contributed by atoms with E-state index in [0.717, 1.165) is 96.3 Å². The van der Waals surface area contributed by atoms with Gasteiger partial charge in [0.1, 0.15) is 6.61 Å². The largest absolute Gasteiger partial charge is 0.472 e. The van der Waals surface area contributed by atoms with Gasteiger partial charge in [0.25, 0.3) is 0 Å². The van der Waals surface area contributed by atoms with Gasteiger partial charge in [-0.3, -0.25) is 18.6 Å². The van der Waals surface area contributed by atoms with Gasteiger partial charge in [0, 0.05) is 19.4 Å². The van der Waals surface area contributed by atoms with Crippen molar-refractivity contribution in [2.45, 2.75) is 347 Å². The number of esters is 2. The predicted molar refractivity (Wildman–Crippen MR) is 372 cm³/mol. The highest BCUT2D eigenvalue weighted by Crippen LogP contribution is 2.43. The van der Waals surface area contributed by atoms with Crippen molar-refractivity contribution in [2.24, 2.45) is 5.73 Å². The molecule has 9 nitrogen and oxygen atoms in total. The maximum Gasteiger partial charge on any atom is 0.472 e. The summed E-state index contributed by atoms with van der Waals surface area (Å²) in [4.78, 5) is 35.4. The highest BCUT2D eigenvalue weighted by atomic mass is 31.2. The Balaban J connectivity index is 3.88. The molecule has 86 heavy (non-hydrogen) atoms. The van der Waals surface area contributed by atoms with Crippen LogP contribution in [0.2, 0.25) is 0 Å². The lowest BCUT2D eigenvalue weighted by Crippen LogP contribution is -2.29. The number of allylic oxidation sites excluding steroid dienone is 16. The molecule has 0 aliphatic rings. The molecule has 10 heteroatoms. The minimum atomic E-state index is -4.41. The summed E-state index contributed by atoms with van der Waals surface area (Å²) in [6.45, 7) is 3.64. The summed E-state index contributed by atoms with van der Waals surface area (Å²) >= 11 is 0. The van der Waals surface area contributed by atoms with Crippen LogP contribution in [0.1, 0.15) is 341 Å². The van der Waals surface area contributed by atoms with Crippen molar-refractivity contribution in [1.29, 1.82) is 0 Å². The van der Waals surface area contributed by atoms with Crippen LogP contribution in [0.5, 0.6) is 0 Å². The van der Waals surface area contributed by atoms with E-state index in [2.05, 4.69) is 111 Å². The molecular formula is C76H136NO8P. The van der Waals surface area contributed by atoms with Gasteiger partial charge in [-0.15, -0.1) is 0 Å². The van der Waals surface area contributed by atoms with E-state index in [1.54, 1.807) is 0 Å². The lowest BCUT2D eigenvalue weighted by molar-refractivity contribution is -0.161. The highest BCUT2D eigenvalue weighted by molar-refractivity contribution is 7.47. The third kappa shape index (κ3) is 70.0. The molecule has 0 rings (SSSR count). The molecule has 0 saturated heterocycles. The average molecular weight is 1220 g/mol. The Bertz CT molecular complexity index is 1730. The number of hydrogen-bond acceptors (Lipinski definition) is 8. The Morgan fingerprint density at radius 1 is 0.360 bits per heavy atom. The van der Waals surface area contributed by atoms with Crippen molar-refractivity contribution >= 4 is 19.8 Å². The molecule has 0 fully saturated rings. The van der Waals surface area contributed by atoms with Crippen molar-refractivity contribution in [1.82, 2.24) is 0 Å². The van der Waals surface area contributed by atoms with Crippen molar-refractivity contribution in [3.8, 4) is 0 Å². The zero-order chi connectivity index (χ0) is 62.3. The number of phosphoric ester groups is 1. The topological polar surface area (TPSA) is 134 Å². The molecule has 0 bridgehead atoms. The van der Waals surface area contributed by atoms with Crippen LogP contribution in [0.25, 0.3) is 0 Å². The molecule has 3 N–H and O–H groups in total. The zero-order valence-corrected chi connectivity index (χ0v) is 56.9. The number of rotatable bonds is 68. The lowest BCUT2D eigenvalue weighted by Gasteiger charge is -2.19. The van der Waals surface area contributed by atoms with Gasteiger partial charge in [0.2, 0.25) is 0 Å². The molecule has 0 saturated carbocycles. The van der Waals surface area contributed by atoms with Gasteiger partial charge >= 0.3 is 19.8 Å². The lowest BCUT2D eigenvalue weighted by atomic mass is 10.0. The van der Waals surface area contributed by atoms with Gasteiger partial charge in [-0.2, -0.15) is 0 Å². The van der Waals surface area contributed by atoms with E-state index in [0.29, 0.717) is 6.42 Å². The molecule has 0 spiro atoms. The van der Waals surface area contributed by atoms with Crippen LogP contribution in [0, 0.1) is 0 Å². The second kappa shape index (κ2) is 71.0. The van der Waals surface area contributed by atoms with Crippen molar-refractivity contribution in [3.05, 3.63) is 97.2 Å². The number of ether oxygens (including phenoxy) is 2. The predicted octanol–water partition coefficient (Wildman–Crippen LogP) is 23.9. The van der Waals surface area contributed by atoms with Crippen LogP contribution in [0.15, 0.2) is 97.2 Å². The summed E-state index contributed by atoms with van der Waals surface area (Å²) in [7, 11) is -4.41. The molecule has 0 aromatic heterocycles. The van der Waals surface area contributed by atoms with Gasteiger partial charge < -0.3 is 20.1 Å². The smallest absolute Gasteiger partial charge is 0.462 e. The molecule has 2 atom stereocenters. The van der Waals surface area contributed by atoms with E-state index in [1.807, 2.05) is 0 Å². The fraction of sp³-hybridized carbons (Fsp3) is 0.763. The second-order valence-corrected chi connectivity index (χ2v) is 25.5. The summed E-state index contributed by atoms with van der Waals surface area (Å²) in [6.07, 6.45) is 96.7. The maximum atomic E-state index is 12.8. The fourth-order valence-electron chi connectivity index (χ4n) is 10.4. The number of hydrogen-bond donors (Lipinski definition) is 2. The normalized spacial score (nSPS) is 13.5. The minimum absolute atomic E-state index is 0.0453. The number of carbonyl (C=O) groups excluding carboxylic acids is 2. The average Bonchev–Trinajstić information content (AvgIpc) is 3.55. The summed E-state index contributed by atoms with van der Waals surface area (Å²) < 4.78 is 33.2. The second-order valence-electron chi connectivity index (χ2n) is 24.1. The first-order valence-corrected chi connectivity index (χ1v) is 37.7. The zero-order valence-electron chi connectivity index (χ0n) is 56.0. The monoisotopic (exact) mass is 1220 g/mol. The van der Waals surface area contributed by atoms with Crippen LogP contribution in [0.4, 0.5) is 0 Å². The summed E-state index contributed by atoms with van der Waals surface area (Å²) in [5.74, 6) is -0.849. The minimum Gasteiger partial charge on any atom is -0.462 e. The van der Waals surface area contributed by atoms with E-state index in [9.17, 15) is 19.0 Å². The van der Waals surface area contributed by atoms with E-state index in [-0.39, 0.29) is 38.6 Å². The highest BCUT2D eigenvalue weighted by Gasteiger charge is 2.26. The first kappa shape index (κ1) is 82.9. The van der Waals surface area contributed by atoms with Crippen LogP contribution in [0.3, 0.4) is 0 Å². The fourth-order valence-corrected chi connectivity index (χ4v) is 11.2. The number of unbranched alkanes of at least 4 members (excludes halogenated alkanes) is 39. The van der Waals surface area contributed by atoms with Crippen LogP contribution in [-0.4, -0.2) is 49.3 Å². The summed E-state index contributed by atoms with van der Waals surface area (Å²) in [6, 6.07) is 0. The first-order chi connectivity index (χ1) is 42.3. The Labute approximate surface area is 531 Å². The number of phosphoric acid groups is 1. The quantitative estimate of drug-likeness (QED) is 0.0264. The Kier molecular flexibility index (Phi) is 68.5. The van der Waals surface area contributed by atoms with Gasteiger partial charge in [-0.25, -0.2) is 4.57 Å². The van der Waals surface area contributed by atoms with Gasteiger partial charge in [-0.1, -0.05) is 349 Å². The molecule has 0 aromatic carbocycles. The van der Waals surface area contributed by atoms with E-state index in [4.69, 9.17) is 24.3 Å². The standard InChI is InChI=1S/C76H136NO8P/c1-3-5-7-9-11-13-15-17-19-21-23-25-27-29-31-33-34-35-36-37-38-39-41-42-44-46-48-50-52-54-56-58-60-62-64-66-68-75(78)82-72-74(73-84-86(80,81)83-71-70-77)85-76(79)69-67-65-63-61-59-57-55-53-51-49-47-45-43-40-32-30-28-26-24-22-20-18-16-14-12-10-8-6-4-2/h6,8,12,14,18,20,24,26,30,32,43,45,49,51,55,57,74H,3-5,7,9-11,13,15-17,19,21-23,25,27-29,31,33-42,44,46-48,50,52-54,56,58-73,77H2,1-2H3,(H,80,81)/b8-6-,14-12-,20-18-,26-24-,32-30-,45-43-,51-49-,57-55-. The van der Waals surface area contributed by atoms with Gasteiger partial charge in [-0.05, 0) is 77.0 Å². The van der Waals surface area contributed by atoms with Crippen LogP contribution < -0.4 is 5.73 Å². The molecule has 0 heterocycles. The molecule has 2 unspecified atom stereocenters. The van der Waals surface area contributed by atoms with E-state index >= 15 is 0 Å². The van der Waals surface area contributed by atoms with Gasteiger partial charge in [0.15, 0.2) is 6.10 Å². The Morgan fingerprint density at radius 3 is 0.953 bits per heavy atom. The van der Waals surface area contributed by atoms with Gasteiger partial charge in [0.05, 0.1) is 13.2 Å². The molecule has 0 aliphatic heterocycles. The summed E-state index contributed by atoms with van der Waals surface area (Å²) in [5, 5.41) is 0. The molecular weight excluding hydrogens is 1090 g/mol. The van der Waals surface area contributed by atoms with E-state index in [1.165, 1.54) is 212 Å². The third-order valence-corrected chi connectivity index (χ3v) is 16.7. The summed E-state index contributed by atoms with van der Waals surface area (Å²) in [5.41, 5.74) is 5.40. The maximum absolute atomic E-state index is 12.8. The van der Waals surface area contributed by atoms with Crippen molar-refractivity contribution in [3.63, 3.8) is 0 Å². The van der Waals surface area contributed by atoms with Crippen LogP contribution in [-0.2, 0) is 32.7 Å². The molecule has 498 valence electrons. The Hall–Kier alpha value is -3.07. The van der Waals surface area contributed by atoms with Crippen LogP contribution >= 0.6 is 7.82 Å².